The van der Waals surface area contributed by atoms with Crippen LogP contribution in [0.2, 0.25) is 0 Å². The van der Waals surface area contributed by atoms with E-state index in [4.69, 9.17) is 0 Å². The van der Waals surface area contributed by atoms with Crippen LogP contribution in [0.25, 0.3) is 34.2 Å². The van der Waals surface area contributed by atoms with Crippen molar-refractivity contribution < 1.29 is 32.7 Å². The SMILES string of the molecule is C.Cc1cnc(-c2ncc(C)c(C)c2C)c(C)c1C.[CH2-]c1cc(-c2ccccn2)nc(-c2ccccn2)c1.[CH3-].[Y]. The van der Waals surface area contributed by atoms with E-state index in [0.717, 1.165) is 39.7 Å². The predicted octanol–water partition coefficient (Wildman–Crippen LogP) is 8.47. The average Bonchev–Trinajstić information content (AvgIpc) is 2.92. The quantitative estimate of drug-likeness (QED) is 0.193. The first-order chi connectivity index (χ1) is 17.8. The van der Waals surface area contributed by atoms with Gasteiger partial charge in [0, 0.05) is 68.9 Å². The fourth-order valence-electron chi connectivity index (χ4n) is 4.01. The van der Waals surface area contributed by atoms with Crippen LogP contribution in [-0.4, -0.2) is 24.9 Å². The van der Waals surface area contributed by atoms with E-state index in [1.165, 1.54) is 33.4 Å². The van der Waals surface area contributed by atoms with Crippen molar-refractivity contribution in [1.29, 1.82) is 0 Å². The Kier molecular flexibility index (Phi) is 13.5. The van der Waals surface area contributed by atoms with Gasteiger partial charge in [0.15, 0.2) is 0 Å². The zero-order valence-corrected chi connectivity index (χ0v) is 26.8. The van der Waals surface area contributed by atoms with Gasteiger partial charge in [-0.3, -0.25) is 24.9 Å². The van der Waals surface area contributed by atoms with Gasteiger partial charge in [0.25, 0.3) is 0 Å². The molecule has 1 radical (unpaired) electrons. The summed E-state index contributed by atoms with van der Waals surface area (Å²) in [4.78, 5) is 22.4. The van der Waals surface area contributed by atoms with Gasteiger partial charge in [-0.2, -0.15) is 12.5 Å². The maximum atomic E-state index is 4.61. The van der Waals surface area contributed by atoms with Crippen molar-refractivity contribution in [3.63, 3.8) is 0 Å². The first kappa shape index (κ1) is 34.8. The number of rotatable bonds is 3. The molecule has 0 atom stereocenters. The van der Waals surface area contributed by atoms with Gasteiger partial charge in [-0.15, -0.1) is 12.1 Å². The molecule has 0 aliphatic carbocycles. The Balaban J connectivity index is 0.000000373. The number of hydrogen-bond donors (Lipinski definition) is 0. The van der Waals surface area contributed by atoms with Gasteiger partial charge in [-0.25, -0.2) is 0 Å². The Bertz CT molecular complexity index is 1420. The van der Waals surface area contributed by atoms with Crippen LogP contribution in [0.15, 0.2) is 73.3 Å². The molecule has 205 valence electrons. The Hall–Kier alpha value is -3.28. The molecule has 40 heavy (non-hydrogen) atoms. The zero-order chi connectivity index (χ0) is 26.5. The minimum Gasteiger partial charge on any atom is -0.358 e. The maximum absolute atomic E-state index is 4.61. The van der Waals surface area contributed by atoms with Crippen LogP contribution < -0.4 is 0 Å². The summed E-state index contributed by atoms with van der Waals surface area (Å²) < 4.78 is 0. The summed E-state index contributed by atoms with van der Waals surface area (Å²) in [6, 6.07) is 15.4. The van der Waals surface area contributed by atoms with Crippen LogP contribution in [0.3, 0.4) is 0 Å². The molecule has 0 saturated heterocycles. The third kappa shape index (κ3) is 7.90. The molecule has 5 rings (SSSR count). The second-order valence-electron chi connectivity index (χ2n) is 9.26. The standard InChI is InChI=1S/C16H12N3.C16H20N2.CH4.CH3.Y/c1-12-10-15(13-6-2-4-8-17-13)19-16(11-12)14-7-3-5-9-18-14;1-9-7-17-15(13(5)11(9)3)16-14(6)12(4)10(2)8-18-16;;;/h2-11H,1H2;7-8H,1-6H3;1H4;1H3;/q-1;;;-1;. The fraction of sp³-hybridized carbons (Fsp3) is 0.206. The van der Waals surface area contributed by atoms with E-state index in [9.17, 15) is 0 Å². The van der Waals surface area contributed by atoms with Gasteiger partial charge >= 0.3 is 0 Å². The maximum Gasteiger partial charge on any atom is 0.0920 e. The van der Waals surface area contributed by atoms with Crippen LogP contribution in [0.4, 0.5) is 0 Å². The summed E-state index contributed by atoms with van der Waals surface area (Å²) in [6.07, 6.45) is 7.39. The third-order valence-electron chi connectivity index (χ3n) is 6.76. The van der Waals surface area contributed by atoms with E-state index in [1.54, 1.807) is 12.4 Å². The van der Waals surface area contributed by atoms with Gasteiger partial charge in [0.2, 0.25) is 0 Å². The molecule has 5 heterocycles. The summed E-state index contributed by atoms with van der Waals surface area (Å²) >= 11 is 0. The largest absolute Gasteiger partial charge is 0.358 e. The number of aryl methyl sites for hydroxylation is 2. The summed E-state index contributed by atoms with van der Waals surface area (Å²) in [7, 11) is 0. The van der Waals surface area contributed by atoms with Crippen molar-refractivity contribution in [1.82, 2.24) is 24.9 Å². The minimum atomic E-state index is 0. The molecule has 5 aromatic rings. The van der Waals surface area contributed by atoms with Crippen LogP contribution in [-0.2, 0) is 32.7 Å². The second-order valence-corrected chi connectivity index (χ2v) is 9.26. The molecule has 0 aliphatic rings. The second kappa shape index (κ2) is 15.5. The molecular weight excluding hydrogens is 567 g/mol. The van der Waals surface area contributed by atoms with Crippen molar-refractivity contribution in [2.45, 2.75) is 49.0 Å². The van der Waals surface area contributed by atoms with Crippen molar-refractivity contribution >= 4 is 0 Å². The first-order valence-electron chi connectivity index (χ1n) is 12.3. The molecular formula is C34H39N5Y-2. The zero-order valence-electron chi connectivity index (χ0n) is 23.9. The van der Waals surface area contributed by atoms with Crippen LogP contribution >= 0.6 is 0 Å². The van der Waals surface area contributed by atoms with E-state index in [-0.39, 0.29) is 47.6 Å². The molecule has 0 amide bonds. The number of aromatic nitrogens is 5. The molecule has 6 heteroatoms. The van der Waals surface area contributed by atoms with Gasteiger partial charge < -0.3 is 7.43 Å². The Morgan fingerprint density at radius 2 is 0.950 bits per heavy atom. The molecule has 5 aromatic heterocycles. The molecule has 0 bridgehead atoms. The van der Waals surface area contributed by atoms with Gasteiger partial charge in [0.05, 0.1) is 22.8 Å². The van der Waals surface area contributed by atoms with Crippen molar-refractivity contribution in [2.24, 2.45) is 0 Å². The first-order valence-corrected chi connectivity index (χ1v) is 12.3. The summed E-state index contributed by atoms with van der Waals surface area (Å²) in [6.45, 7) is 16.7. The average molecular weight is 607 g/mol. The monoisotopic (exact) mass is 606 g/mol. The van der Waals surface area contributed by atoms with Gasteiger partial charge in [-0.1, -0.05) is 19.6 Å². The molecule has 0 aromatic carbocycles. The van der Waals surface area contributed by atoms with E-state index < -0.39 is 0 Å². The molecule has 0 aliphatic heterocycles. The van der Waals surface area contributed by atoms with Crippen molar-refractivity contribution in [3.8, 4) is 34.2 Å². The molecule has 0 unspecified atom stereocenters. The Labute approximate surface area is 265 Å². The van der Waals surface area contributed by atoms with Crippen molar-refractivity contribution in [3.05, 3.63) is 127 Å². The summed E-state index contributed by atoms with van der Waals surface area (Å²) in [5.74, 6) is 0. The molecule has 0 N–H and O–H groups in total. The Morgan fingerprint density at radius 1 is 0.550 bits per heavy atom. The van der Waals surface area contributed by atoms with Crippen LogP contribution in [0.5, 0.6) is 0 Å². The molecule has 0 spiro atoms. The van der Waals surface area contributed by atoms with Gasteiger partial charge in [-0.05, 0) is 99.2 Å². The normalized spacial score (nSPS) is 9.75. The topological polar surface area (TPSA) is 64.5 Å². The van der Waals surface area contributed by atoms with E-state index >= 15 is 0 Å². The van der Waals surface area contributed by atoms with Gasteiger partial charge in [0.1, 0.15) is 0 Å². The molecule has 0 fully saturated rings. The van der Waals surface area contributed by atoms with Crippen LogP contribution in [0.1, 0.15) is 46.4 Å². The number of nitrogens with zero attached hydrogens (tertiary/aromatic N) is 5. The van der Waals surface area contributed by atoms with Crippen molar-refractivity contribution in [2.75, 3.05) is 0 Å². The van der Waals surface area contributed by atoms with Crippen LogP contribution in [0, 0.1) is 55.9 Å². The Morgan fingerprint density at radius 3 is 1.30 bits per heavy atom. The summed E-state index contributed by atoms with van der Waals surface area (Å²) in [5, 5.41) is 0. The van der Waals surface area contributed by atoms with E-state index in [0.29, 0.717) is 0 Å². The third-order valence-corrected chi connectivity index (χ3v) is 6.76. The van der Waals surface area contributed by atoms with E-state index in [2.05, 4.69) is 73.4 Å². The van der Waals surface area contributed by atoms with E-state index in [1.807, 2.05) is 60.9 Å². The smallest absolute Gasteiger partial charge is 0.0920 e. The predicted molar refractivity (Wildman–Crippen MR) is 164 cm³/mol. The molecule has 5 nitrogen and oxygen atoms in total. The number of hydrogen-bond acceptors (Lipinski definition) is 5. The number of pyridine rings is 5. The molecule has 0 saturated carbocycles. The summed E-state index contributed by atoms with van der Waals surface area (Å²) in [5.41, 5.74) is 13.8. The fourth-order valence-corrected chi connectivity index (χ4v) is 4.01. The minimum absolute atomic E-state index is 0.